The van der Waals surface area contributed by atoms with Crippen LogP contribution in [0.25, 0.3) is 21.3 Å². The Bertz CT molecular complexity index is 926. The van der Waals surface area contributed by atoms with E-state index in [0.717, 1.165) is 52.2 Å². The summed E-state index contributed by atoms with van der Waals surface area (Å²) < 4.78 is 0. The molecule has 4 rings (SSSR count). The van der Waals surface area contributed by atoms with Crippen molar-refractivity contribution in [2.75, 3.05) is 12.3 Å². The topological polar surface area (TPSA) is 46.1 Å². The third kappa shape index (κ3) is 3.87. The van der Waals surface area contributed by atoms with Gasteiger partial charge in [0.2, 0.25) is 5.91 Å². The van der Waals surface area contributed by atoms with Crippen LogP contribution < -0.4 is 0 Å². The Hall–Kier alpha value is -1.92. The van der Waals surface area contributed by atoms with E-state index in [1.165, 1.54) is 6.42 Å². The van der Waals surface area contributed by atoms with E-state index >= 15 is 0 Å². The van der Waals surface area contributed by atoms with Crippen LogP contribution >= 0.6 is 23.1 Å². The molecule has 140 valence electrons. The second kappa shape index (κ2) is 8.40. The summed E-state index contributed by atoms with van der Waals surface area (Å²) in [6, 6.07) is 10.7. The van der Waals surface area contributed by atoms with Crippen LogP contribution in [0.4, 0.5) is 0 Å². The van der Waals surface area contributed by atoms with Gasteiger partial charge in [-0.3, -0.25) is 4.79 Å². The molecule has 1 fully saturated rings. The molecule has 1 aliphatic heterocycles. The SMILES string of the molecule is CCC1CCCCN1C(=O)CSc1ncnc2scc(-c3ccccc3)c12. The summed E-state index contributed by atoms with van der Waals surface area (Å²) >= 11 is 3.17. The highest BCUT2D eigenvalue weighted by Crippen LogP contribution is 2.37. The molecule has 1 amide bonds. The Morgan fingerprint density at radius 3 is 2.93 bits per heavy atom. The molecule has 27 heavy (non-hydrogen) atoms. The van der Waals surface area contributed by atoms with Crippen molar-refractivity contribution in [3.05, 3.63) is 42.0 Å². The van der Waals surface area contributed by atoms with Gasteiger partial charge in [0, 0.05) is 23.5 Å². The highest BCUT2D eigenvalue weighted by Gasteiger charge is 2.25. The molecule has 1 aliphatic rings. The standard InChI is InChI=1S/C21H23N3OS2/c1-2-16-10-6-7-11-24(16)18(25)13-27-21-19-17(15-8-4-3-5-9-15)12-26-20(19)22-14-23-21/h3-5,8-9,12,14,16H,2,6-7,10-11,13H2,1H3. The number of aromatic nitrogens is 2. The minimum absolute atomic E-state index is 0.231. The number of amides is 1. The van der Waals surface area contributed by atoms with Gasteiger partial charge >= 0.3 is 0 Å². The van der Waals surface area contributed by atoms with Crippen molar-refractivity contribution in [1.82, 2.24) is 14.9 Å². The Labute approximate surface area is 168 Å². The van der Waals surface area contributed by atoms with Crippen molar-refractivity contribution >= 4 is 39.2 Å². The number of fused-ring (bicyclic) bond motifs is 1. The first-order valence-corrected chi connectivity index (χ1v) is 11.3. The molecule has 1 unspecified atom stereocenters. The van der Waals surface area contributed by atoms with Gasteiger partial charge in [0.05, 0.1) is 11.1 Å². The van der Waals surface area contributed by atoms with Gasteiger partial charge in [0.15, 0.2) is 0 Å². The Kier molecular flexibility index (Phi) is 5.74. The smallest absolute Gasteiger partial charge is 0.233 e. The largest absolute Gasteiger partial charge is 0.339 e. The molecule has 0 aliphatic carbocycles. The Morgan fingerprint density at radius 2 is 2.11 bits per heavy atom. The van der Waals surface area contributed by atoms with Gasteiger partial charge in [-0.05, 0) is 31.2 Å². The molecule has 0 radical (unpaired) electrons. The molecular weight excluding hydrogens is 374 g/mol. The van der Waals surface area contributed by atoms with Crippen molar-refractivity contribution in [2.24, 2.45) is 0 Å². The molecule has 0 spiro atoms. The van der Waals surface area contributed by atoms with Crippen LogP contribution in [0, 0.1) is 0 Å². The summed E-state index contributed by atoms with van der Waals surface area (Å²) in [5, 5.41) is 4.11. The third-order valence-electron chi connectivity index (χ3n) is 5.17. The van der Waals surface area contributed by atoms with Crippen LogP contribution in [0.1, 0.15) is 32.6 Å². The number of carbonyl (C=O) groups excluding carboxylic acids is 1. The zero-order valence-electron chi connectivity index (χ0n) is 15.4. The summed E-state index contributed by atoms with van der Waals surface area (Å²) in [7, 11) is 0. The number of nitrogens with zero attached hydrogens (tertiary/aromatic N) is 3. The number of benzene rings is 1. The zero-order chi connectivity index (χ0) is 18.6. The van der Waals surface area contributed by atoms with Gasteiger partial charge in [-0.25, -0.2) is 9.97 Å². The molecule has 6 heteroatoms. The summed E-state index contributed by atoms with van der Waals surface area (Å²) in [5.74, 6) is 0.668. The van der Waals surface area contributed by atoms with Crippen LogP contribution in [-0.2, 0) is 4.79 Å². The Morgan fingerprint density at radius 1 is 1.26 bits per heavy atom. The fourth-order valence-electron chi connectivity index (χ4n) is 3.75. The maximum atomic E-state index is 12.8. The summed E-state index contributed by atoms with van der Waals surface area (Å²) in [6.07, 6.45) is 6.13. The minimum atomic E-state index is 0.231. The van der Waals surface area contributed by atoms with E-state index in [-0.39, 0.29) is 5.91 Å². The lowest BCUT2D eigenvalue weighted by Crippen LogP contribution is -2.44. The number of rotatable bonds is 5. The number of hydrogen-bond donors (Lipinski definition) is 0. The molecule has 1 saturated heterocycles. The van der Waals surface area contributed by atoms with Crippen LogP contribution in [0.15, 0.2) is 47.1 Å². The molecule has 0 saturated carbocycles. The third-order valence-corrected chi connectivity index (χ3v) is 7.03. The number of hydrogen-bond acceptors (Lipinski definition) is 5. The van der Waals surface area contributed by atoms with Gasteiger partial charge in [-0.2, -0.15) is 0 Å². The van der Waals surface area contributed by atoms with Gasteiger partial charge in [-0.1, -0.05) is 49.0 Å². The normalized spacial score (nSPS) is 17.4. The van der Waals surface area contributed by atoms with E-state index in [0.29, 0.717) is 11.8 Å². The van der Waals surface area contributed by atoms with Crippen LogP contribution in [0.3, 0.4) is 0 Å². The lowest BCUT2D eigenvalue weighted by Gasteiger charge is -2.35. The van der Waals surface area contributed by atoms with E-state index in [1.54, 1.807) is 29.4 Å². The monoisotopic (exact) mass is 397 g/mol. The summed E-state index contributed by atoms with van der Waals surface area (Å²) in [6.45, 7) is 3.07. The van der Waals surface area contributed by atoms with Crippen molar-refractivity contribution in [1.29, 1.82) is 0 Å². The summed E-state index contributed by atoms with van der Waals surface area (Å²) in [5.41, 5.74) is 2.31. The van der Waals surface area contributed by atoms with Crippen LogP contribution in [0.5, 0.6) is 0 Å². The van der Waals surface area contributed by atoms with E-state index in [1.807, 2.05) is 18.2 Å². The molecule has 4 nitrogen and oxygen atoms in total. The number of carbonyl (C=O) groups is 1. The highest BCUT2D eigenvalue weighted by molar-refractivity contribution is 8.00. The molecule has 3 heterocycles. The lowest BCUT2D eigenvalue weighted by atomic mass is 10.0. The Balaban J connectivity index is 1.57. The zero-order valence-corrected chi connectivity index (χ0v) is 17.1. The molecular formula is C21H23N3OS2. The molecule has 1 atom stereocenters. The molecule has 0 bridgehead atoms. The fraction of sp³-hybridized carbons (Fsp3) is 0.381. The van der Waals surface area contributed by atoms with Gasteiger partial charge < -0.3 is 4.90 Å². The van der Waals surface area contributed by atoms with Crippen LogP contribution in [-0.4, -0.2) is 39.1 Å². The first kappa shape index (κ1) is 18.4. The average Bonchev–Trinajstić information content (AvgIpc) is 3.17. The minimum Gasteiger partial charge on any atom is -0.339 e. The summed E-state index contributed by atoms with van der Waals surface area (Å²) in [4.78, 5) is 24.8. The lowest BCUT2D eigenvalue weighted by molar-refractivity contribution is -0.132. The van der Waals surface area contributed by atoms with Crippen molar-refractivity contribution < 1.29 is 4.79 Å². The number of piperidine rings is 1. The van der Waals surface area contributed by atoms with Crippen molar-refractivity contribution in [3.8, 4) is 11.1 Å². The van der Waals surface area contributed by atoms with Crippen LogP contribution in [0.2, 0.25) is 0 Å². The average molecular weight is 398 g/mol. The van der Waals surface area contributed by atoms with E-state index in [2.05, 4.69) is 39.3 Å². The predicted molar refractivity (Wildman–Crippen MR) is 113 cm³/mol. The second-order valence-corrected chi connectivity index (χ2v) is 8.63. The van der Waals surface area contributed by atoms with E-state index in [9.17, 15) is 4.79 Å². The quantitative estimate of drug-likeness (QED) is 0.436. The maximum absolute atomic E-state index is 12.8. The van der Waals surface area contributed by atoms with Gasteiger partial charge in [0.1, 0.15) is 16.2 Å². The highest BCUT2D eigenvalue weighted by atomic mass is 32.2. The number of likely N-dealkylation sites (tertiary alicyclic amines) is 1. The molecule has 2 aromatic heterocycles. The fourth-order valence-corrected chi connectivity index (χ4v) is 5.63. The van der Waals surface area contributed by atoms with E-state index < -0.39 is 0 Å². The second-order valence-electron chi connectivity index (χ2n) is 6.81. The molecule has 0 N–H and O–H groups in total. The van der Waals surface area contributed by atoms with E-state index in [4.69, 9.17) is 0 Å². The first-order valence-electron chi connectivity index (χ1n) is 9.47. The molecule has 1 aromatic carbocycles. The number of thioether (sulfide) groups is 1. The number of thiophene rings is 1. The molecule has 3 aromatic rings. The first-order chi connectivity index (χ1) is 13.3. The maximum Gasteiger partial charge on any atom is 0.233 e. The van der Waals surface area contributed by atoms with Crippen molar-refractivity contribution in [3.63, 3.8) is 0 Å². The predicted octanol–water partition coefficient (Wildman–Crippen LogP) is 5.24. The van der Waals surface area contributed by atoms with Gasteiger partial charge in [0.25, 0.3) is 0 Å². The van der Waals surface area contributed by atoms with Crippen molar-refractivity contribution in [2.45, 2.75) is 43.7 Å². The van der Waals surface area contributed by atoms with Gasteiger partial charge in [-0.15, -0.1) is 11.3 Å².